The van der Waals surface area contributed by atoms with Crippen LogP contribution < -0.4 is 10.6 Å². The van der Waals surface area contributed by atoms with Crippen LogP contribution in [0.25, 0.3) is 11.3 Å². The van der Waals surface area contributed by atoms with Crippen LogP contribution in [0.5, 0.6) is 0 Å². The van der Waals surface area contributed by atoms with E-state index in [-0.39, 0.29) is 22.5 Å². The Morgan fingerprint density at radius 3 is 2.44 bits per heavy atom. The second-order valence-corrected chi connectivity index (χ2v) is 11.3. The summed E-state index contributed by atoms with van der Waals surface area (Å²) in [7, 11) is 0. The second-order valence-electron chi connectivity index (χ2n) is 8.58. The Morgan fingerprint density at radius 1 is 1.09 bits per heavy atom. The lowest BCUT2D eigenvalue weighted by Gasteiger charge is -2.17. The number of amides is 2. The third-order valence-electron chi connectivity index (χ3n) is 4.40. The second kappa shape index (κ2) is 10.5. The fourth-order valence-electron chi connectivity index (χ4n) is 2.89. The topological polar surface area (TPSA) is 71.1 Å². The van der Waals surface area contributed by atoms with Gasteiger partial charge in [-0.05, 0) is 42.7 Å². The maximum atomic E-state index is 12.6. The molecule has 0 fully saturated rings. The summed E-state index contributed by atoms with van der Waals surface area (Å²) >= 11 is 9.04. The van der Waals surface area contributed by atoms with Gasteiger partial charge in [0.2, 0.25) is 11.8 Å². The maximum absolute atomic E-state index is 12.6. The van der Waals surface area contributed by atoms with Gasteiger partial charge in [-0.2, -0.15) is 0 Å². The highest BCUT2D eigenvalue weighted by Gasteiger charge is 2.18. The molecule has 2 N–H and O–H groups in total. The number of benzene rings is 2. The zero-order chi connectivity index (χ0) is 23.3. The van der Waals surface area contributed by atoms with Gasteiger partial charge < -0.3 is 10.6 Å². The van der Waals surface area contributed by atoms with Gasteiger partial charge in [0.15, 0.2) is 5.13 Å². The van der Waals surface area contributed by atoms with Crippen molar-refractivity contribution in [2.24, 2.45) is 5.41 Å². The predicted octanol–water partition coefficient (Wildman–Crippen LogP) is 6.96. The molecule has 2 amide bonds. The van der Waals surface area contributed by atoms with Crippen LogP contribution in [0.4, 0.5) is 10.8 Å². The summed E-state index contributed by atoms with van der Waals surface area (Å²) in [5.41, 5.74) is 2.26. The van der Waals surface area contributed by atoms with E-state index in [9.17, 15) is 9.59 Å². The van der Waals surface area contributed by atoms with Crippen molar-refractivity contribution in [3.05, 3.63) is 58.9 Å². The highest BCUT2D eigenvalue weighted by atomic mass is 35.5. The van der Waals surface area contributed by atoms with Gasteiger partial charge in [-0.15, -0.1) is 23.1 Å². The maximum Gasteiger partial charge on any atom is 0.239 e. The summed E-state index contributed by atoms with van der Waals surface area (Å²) in [6.45, 7) is 7.94. The highest BCUT2D eigenvalue weighted by molar-refractivity contribution is 8.00. The molecule has 3 aromatic rings. The molecule has 2 aromatic carbocycles. The lowest BCUT2D eigenvalue weighted by molar-refractivity contribution is -0.118. The van der Waals surface area contributed by atoms with E-state index < -0.39 is 0 Å². The Labute approximate surface area is 202 Å². The quantitative estimate of drug-likeness (QED) is 0.353. The van der Waals surface area contributed by atoms with Crippen molar-refractivity contribution < 1.29 is 9.59 Å². The van der Waals surface area contributed by atoms with Crippen LogP contribution in [-0.2, 0) is 9.59 Å². The number of nitrogens with zero attached hydrogens (tertiary/aromatic N) is 1. The number of aromatic nitrogens is 1. The van der Waals surface area contributed by atoms with Crippen LogP contribution in [0.3, 0.4) is 0 Å². The summed E-state index contributed by atoms with van der Waals surface area (Å²) in [4.78, 5) is 30.1. The third-order valence-corrected chi connectivity index (χ3v) is 6.59. The minimum atomic E-state index is -0.316. The number of thioether (sulfide) groups is 1. The van der Waals surface area contributed by atoms with Crippen molar-refractivity contribution in [2.75, 3.05) is 10.6 Å². The highest BCUT2D eigenvalue weighted by Crippen LogP contribution is 2.31. The first-order chi connectivity index (χ1) is 15.1. The van der Waals surface area contributed by atoms with Crippen LogP contribution in [-0.4, -0.2) is 22.0 Å². The molecule has 1 unspecified atom stereocenters. The average Bonchev–Trinajstić information content (AvgIpc) is 3.16. The van der Waals surface area contributed by atoms with E-state index in [2.05, 4.69) is 15.6 Å². The monoisotopic (exact) mass is 487 g/mol. The molecule has 1 heterocycles. The molecule has 0 aliphatic heterocycles. The van der Waals surface area contributed by atoms with Gasteiger partial charge in [0.25, 0.3) is 0 Å². The third kappa shape index (κ3) is 7.08. The molecule has 0 bridgehead atoms. The van der Waals surface area contributed by atoms with Crippen LogP contribution in [0, 0.1) is 5.41 Å². The van der Waals surface area contributed by atoms with E-state index >= 15 is 0 Å². The molecule has 5 nitrogen and oxygen atoms in total. The molecule has 0 aliphatic carbocycles. The summed E-state index contributed by atoms with van der Waals surface area (Å²) < 4.78 is 0. The van der Waals surface area contributed by atoms with E-state index in [1.165, 1.54) is 23.1 Å². The molecule has 0 saturated heterocycles. The van der Waals surface area contributed by atoms with Crippen molar-refractivity contribution >= 4 is 57.3 Å². The smallest absolute Gasteiger partial charge is 0.239 e. The first-order valence-electron chi connectivity index (χ1n) is 10.2. The molecule has 0 saturated carbocycles. The molecule has 0 spiro atoms. The largest absolute Gasteiger partial charge is 0.326 e. The van der Waals surface area contributed by atoms with Crippen molar-refractivity contribution in [2.45, 2.75) is 44.3 Å². The fraction of sp³-hybridized carbons (Fsp3) is 0.292. The number of anilines is 2. The molecule has 32 heavy (non-hydrogen) atoms. The summed E-state index contributed by atoms with van der Waals surface area (Å²) in [6, 6.07) is 15.0. The molecule has 0 aliphatic rings. The summed E-state index contributed by atoms with van der Waals surface area (Å²) in [6.07, 6.45) is 0.454. The Morgan fingerprint density at radius 2 is 1.78 bits per heavy atom. The van der Waals surface area contributed by atoms with Crippen molar-refractivity contribution in [1.29, 1.82) is 0 Å². The van der Waals surface area contributed by atoms with Gasteiger partial charge in [-0.3, -0.25) is 9.59 Å². The van der Waals surface area contributed by atoms with Gasteiger partial charge in [-0.1, -0.05) is 50.6 Å². The Hall–Kier alpha value is -2.35. The number of hydrogen-bond acceptors (Lipinski definition) is 5. The Bertz CT molecular complexity index is 1090. The molecule has 1 aromatic heterocycles. The normalized spacial score (nSPS) is 12.3. The summed E-state index contributed by atoms with van der Waals surface area (Å²) in [5.74, 6) is -0.136. The molecule has 0 radical (unpaired) electrons. The molecule has 3 rings (SSSR count). The minimum Gasteiger partial charge on any atom is -0.326 e. The standard InChI is InChI=1S/C24H26ClN3O2S2/c1-15(32-17-11-9-16(10-12-17)26-21(29)13-24(2,3)4)22(30)28-23-27-20(14-31-23)18-7-5-6-8-19(18)25/h5-12,14-15H,13H2,1-4H3,(H,26,29)(H,27,28,30). The van der Waals surface area contributed by atoms with Gasteiger partial charge in [0, 0.05) is 33.0 Å². The number of rotatable bonds is 7. The minimum absolute atomic E-state index is 0.00902. The van der Waals surface area contributed by atoms with Crippen LogP contribution in [0.1, 0.15) is 34.1 Å². The predicted molar refractivity (Wildman–Crippen MR) is 136 cm³/mol. The number of halogens is 1. The first kappa shape index (κ1) is 24.3. The van der Waals surface area contributed by atoms with Crippen molar-refractivity contribution in [1.82, 2.24) is 4.98 Å². The average molecular weight is 488 g/mol. The lowest BCUT2D eigenvalue weighted by Crippen LogP contribution is -2.22. The first-order valence-corrected chi connectivity index (χ1v) is 12.3. The molecule has 168 valence electrons. The zero-order valence-corrected chi connectivity index (χ0v) is 20.8. The van der Waals surface area contributed by atoms with Crippen LogP contribution >= 0.6 is 34.7 Å². The molecular weight excluding hydrogens is 462 g/mol. The van der Waals surface area contributed by atoms with Gasteiger partial charge in [0.1, 0.15) is 0 Å². The van der Waals surface area contributed by atoms with Gasteiger partial charge in [-0.25, -0.2) is 4.98 Å². The van der Waals surface area contributed by atoms with Crippen LogP contribution in [0.15, 0.2) is 58.8 Å². The molecule has 1 atom stereocenters. The van der Waals surface area contributed by atoms with Crippen molar-refractivity contribution in [3.8, 4) is 11.3 Å². The van der Waals surface area contributed by atoms with E-state index in [1.807, 2.05) is 81.6 Å². The zero-order valence-electron chi connectivity index (χ0n) is 18.4. The fourth-order valence-corrected chi connectivity index (χ4v) is 4.71. The lowest BCUT2D eigenvalue weighted by atomic mass is 9.92. The van der Waals surface area contributed by atoms with Gasteiger partial charge >= 0.3 is 0 Å². The molecule has 8 heteroatoms. The Balaban J connectivity index is 1.55. The van der Waals surface area contributed by atoms with E-state index in [4.69, 9.17) is 11.6 Å². The van der Waals surface area contributed by atoms with Crippen LogP contribution in [0.2, 0.25) is 5.02 Å². The number of hydrogen-bond donors (Lipinski definition) is 2. The summed E-state index contributed by atoms with van der Waals surface area (Å²) in [5, 5.41) is 8.51. The molecular formula is C24H26ClN3O2S2. The van der Waals surface area contributed by atoms with E-state index in [0.29, 0.717) is 16.6 Å². The van der Waals surface area contributed by atoms with Crippen molar-refractivity contribution in [3.63, 3.8) is 0 Å². The SMILES string of the molecule is CC(Sc1ccc(NC(=O)CC(C)(C)C)cc1)C(=O)Nc1nc(-c2ccccc2Cl)cs1. The number of carbonyl (C=O) groups is 2. The number of nitrogens with one attached hydrogen (secondary N) is 2. The van der Waals surface area contributed by atoms with E-state index in [1.54, 1.807) is 0 Å². The number of thiazole rings is 1. The Kier molecular flexibility index (Phi) is 7.98. The van der Waals surface area contributed by atoms with Gasteiger partial charge in [0.05, 0.1) is 10.9 Å². The van der Waals surface area contributed by atoms with E-state index in [0.717, 1.165) is 21.8 Å². The number of carbonyl (C=O) groups excluding carboxylic acids is 2.